The van der Waals surface area contributed by atoms with Gasteiger partial charge in [-0.05, 0) is 49.7 Å². The van der Waals surface area contributed by atoms with E-state index in [0.29, 0.717) is 35.0 Å². The summed E-state index contributed by atoms with van der Waals surface area (Å²) in [5, 5.41) is 10.8. The Morgan fingerprint density at radius 3 is 2.54 bits per heavy atom. The molecule has 1 N–H and O–H groups in total. The van der Waals surface area contributed by atoms with Crippen LogP contribution in [0.2, 0.25) is 5.02 Å². The molecule has 0 saturated heterocycles. The quantitative estimate of drug-likeness (QED) is 0.825. The van der Waals surface area contributed by atoms with E-state index in [-0.39, 0.29) is 12.5 Å². The molecule has 0 fully saturated rings. The molecule has 0 heterocycles. The zero-order valence-corrected chi connectivity index (χ0v) is 14.7. The predicted molar refractivity (Wildman–Crippen MR) is 95.6 cm³/mol. The summed E-state index contributed by atoms with van der Waals surface area (Å²) in [6.45, 7) is 5.30. The van der Waals surface area contributed by atoms with E-state index in [0.717, 1.165) is 0 Å². The van der Waals surface area contributed by atoms with Crippen molar-refractivity contribution in [2.24, 2.45) is 0 Å². The molecule has 0 aliphatic heterocycles. The van der Waals surface area contributed by atoms with E-state index in [1.807, 2.05) is 13.8 Å². The summed E-state index contributed by atoms with van der Waals surface area (Å²) in [5.74, 6) is 0.523. The minimum absolute atomic E-state index is 0.0270. The molecule has 24 heavy (non-hydrogen) atoms. The summed E-state index contributed by atoms with van der Waals surface area (Å²) in [6, 6.07) is 14.0. The van der Waals surface area contributed by atoms with E-state index >= 15 is 0 Å². The van der Waals surface area contributed by atoms with Gasteiger partial charge in [0.1, 0.15) is 18.5 Å². The van der Waals surface area contributed by atoms with Gasteiger partial charge in [0.05, 0.1) is 0 Å². The van der Waals surface area contributed by atoms with Crippen LogP contribution in [-0.2, 0) is 0 Å². The normalized spacial score (nSPS) is 11.8. The molecule has 128 valence electrons. The van der Waals surface area contributed by atoms with Crippen molar-refractivity contribution in [3.63, 3.8) is 0 Å². The van der Waals surface area contributed by atoms with E-state index in [4.69, 9.17) is 16.3 Å². The summed E-state index contributed by atoms with van der Waals surface area (Å²) in [6.07, 6.45) is -0.786. The number of carbonyl (C=O) groups is 1. The molecule has 0 aliphatic rings. The van der Waals surface area contributed by atoms with Gasteiger partial charge in [0.15, 0.2) is 0 Å². The lowest BCUT2D eigenvalue weighted by molar-refractivity contribution is 0.0772. The van der Waals surface area contributed by atoms with Gasteiger partial charge in [-0.2, -0.15) is 0 Å². The Hall–Kier alpha value is -2.04. The second kappa shape index (κ2) is 8.71. The number of halogens is 1. The van der Waals surface area contributed by atoms with Gasteiger partial charge in [-0.15, -0.1) is 0 Å². The lowest BCUT2D eigenvalue weighted by atomic mass is 10.1. The molecule has 1 unspecified atom stereocenters. The lowest BCUT2D eigenvalue weighted by Crippen LogP contribution is -2.30. The average Bonchev–Trinajstić information content (AvgIpc) is 2.61. The highest BCUT2D eigenvalue weighted by Gasteiger charge is 2.14. The molecule has 0 aromatic heterocycles. The standard InChI is InChI=1S/C19H22ClNO3/c1-3-21(4-2)19(23)15-8-6-10-17(12-15)24-13-18(22)14-7-5-9-16(20)11-14/h5-12,18,22H,3-4,13H2,1-2H3. The summed E-state index contributed by atoms with van der Waals surface area (Å²) in [5.41, 5.74) is 1.27. The maximum atomic E-state index is 12.4. The highest BCUT2D eigenvalue weighted by molar-refractivity contribution is 6.30. The summed E-state index contributed by atoms with van der Waals surface area (Å²) < 4.78 is 5.64. The molecular weight excluding hydrogens is 326 g/mol. The second-order valence-corrected chi connectivity index (χ2v) is 5.82. The number of hydrogen-bond acceptors (Lipinski definition) is 3. The number of hydrogen-bond donors (Lipinski definition) is 1. The Balaban J connectivity index is 2.03. The Kier molecular flexibility index (Phi) is 6.64. The SMILES string of the molecule is CCN(CC)C(=O)c1cccc(OCC(O)c2cccc(Cl)c2)c1. The number of amides is 1. The number of aliphatic hydroxyl groups is 1. The van der Waals surface area contributed by atoms with Crippen LogP contribution in [-0.4, -0.2) is 35.6 Å². The van der Waals surface area contributed by atoms with Crippen molar-refractivity contribution in [3.8, 4) is 5.75 Å². The van der Waals surface area contributed by atoms with Crippen molar-refractivity contribution in [1.29, 1.82) is 0 Å². The molecule has 0 bridgehead atoms. The van der Waals surface area contributed by atoms with E-state index in [2.05, 4.69) is 0 Å². The van der Waals surface area contributed by atoms with Gasteiger partial charge in [0.25, 0.3) is 5.91 Å². The van der Waals surface area contributed by atoms with Crippen LogP contribution in [0.1, 0.15) is 35.9 Å². The molecule has 1 amide bonds. The summed E-state index contributed by atoms with van der Waals surface area (Å²) in [7, 11) is 0. The monoisotopic (exact) mass is 347 g/mol. The topological polar surface area (TPSA) is 49.8 Å². The number of nitrogens with zero attached hydrogens (tertiary/aromatic N) is 1. The number of ether oxygens (including phenoxy) is 1. The molecule has 0 saturated carbocycles. The molecule has 0 spiro atoms. The zero-order chi connectivity index (χ0) is 17.5. The Labute approximate surface area is 147 Å². The fourth-order valence-electron chi connectivity index (χ4n) is 2.40. The molecule has 1 atom stereocenters. The van der Waals surface area contributed by atoms with Gasteiger partial charge in [-0.1, -0.05) is 29.8 Å². The number of rotatable bonds is 7. The van der Waals surface area contributed by atoms with Crippen LogP contribution < -0.4 is 4.74 Å². The highest BCUT2D eigenvalue weighted by atomic mass is 35.5. The molecule has 2 aromatic carbocycles. The number of aliphatic hydroxyl groups excluding tert-OH is 1. The van der Waals surface area contributed by atoms with Crippen molar-refractivity contribution in [2.45, 2.75) is 20.0 Å². The highest BCUT2D eigenvalue weighted by Crippen LogP contribution is 2.20. The third-order valence-corrected chi connectivity index (χ3v) is 4.01. The van der Waals surface area contributed by atoms with Gasteiger partial charge in [-0.3, -0.25) is 4.79 Å². The van der Waals surface area contributed by atoms with Crippen molar-refractivity contribution >= 4 is 17.5 Å². The first kappa shape index (κ1) is 18.3. The minimum atomic E-state index is -0.786. The molecule has 2 rings (SSSR count). The lowest BCUT2D eigenvalue weighted by Gasteiger charge is -2.19. The first-order valence-corrected chi connectivity index (χ1v) is 8.38. The molecule has 2 aromatic rings. The van der Waals surface area contributed by atoms with Crippen molar-refractivity contribution in [1.82, 2.24) is 4.90 Å². The molecule has 0 aliphatic carbocycles. The number of carbonyl (C=O) groups excluding carboxylic acids is 1. The maximum absolute atomic E-state index is 12.4. The summed E-state index contributed by atoms with van der Waals surface area (Å²) >= 11 is 5.92. The Morgan fingerprint density at radius 2 is 1.88 bits per heavy atom. The average molecular weight is 348 g/mol. The van der Waals surface area contributed by atoms with E-state index in [1.165, 1.54) is 0 Å². The molecular formula is C19H22ClNO3. The Bertz CT molecular complexity index is 686. The minimum Gasteiger partial charge on any atom is -0.491 e. The fraction of sp³-hybridized carbons (Fsp3) is 0.316. The van der Waals surface area contributed by atoms with Crippen molar-refractivity contribution in [2.75, 3.05) is 19.7 Å². The third-order valence-electron chi connectivity index (χ3n) is 3.77. The molecule has 4 nitrogen and oxygen atoms in total. The molecule has 0 radical (unpaired) electrons. The zero-order valence-electron chi connectivity index (χ0n) is 13.9. The van der Waals surface area contributed by atoms with Crippen molar-refractivity contribution in [3.05, 3.63) is 64.7 Å². The van der Waals surface area contributed by atoms with Gasteiger partial charge in [0, 0.05) is 23.7 Å². The van der Waals surface area contributed by atoms with E-state index in [9.17, 15) is 9.90 Å². The Morgan fingerprint density at radius 1 is 1.17 bits per heavy atom. The maximum Gasteiger partial charge on any atom is 0.253 e. The summed E-state index contributed by atoms with van der Waals surface area (Å²) in [4.78, 5) is 14.1. The van der Waals surface area contributed by atoms with E-state index in [1.54, 1.807) is 53.4 Å². The van der Waals surface area contributed by atoms with Crippen LogP contribution in [0.15, 0.2) is 48.5 Å². The van der Waals surface area contributed by atoms with Gasteiger partial charge in [-0.25, -0.2) is 0 Å². The number of benzene rings is 2. The van der Waals surface area contributed by atoms with Gasteiger partial charge in [0.2, 0.25) is 0 Å². The first-order valence-electron chi connectivity index (χ1n) is 8.00. The molecule has 5 heteroatoms. The second-order valence-electron chi connectivity index (χ2n) is 5.39. The fourth-order valence-corrected chi connectivity index (χ4v) is 2.60. The smallest absolute Gasteiger partial charge is 0.253 e. The van der Waals surface area contributed by atoms with E-state index < -0.39 is 6.10 Å². The van der Waals surface area contributed by atoms with Gasteiger partial charge < -0.3 is 14.7 Å². The van der Waals surface area contributed by atoms with Crippen molar-refractivity contribution < 1.29 is 14.6 Å². The first-order chi connectivity index (χ1) is 11.5. The van der Waals surface area contributed by atoms with Crippen LogP contribution in [0, 0.1) is 0 Å². The third kappa shape index (κ3) is 4.73. The van der Waals surface area contributed by atoms with Crippen LogP contribution in [0.3, 0.4) is 0 Å². The van der Waals surface area contributed by atoms with Crippen LogP contribution in [0.4, 0.5) is 0 Å². The van der Waals surface area contributed by atoms with Crippen LogP contribution in [0.5, 0.6) is 5.75 Å². The van der Waals surface area contributed by atoms with Crippen LogP contribution >= 0.6 is 11.6 Å². The largest absolute Gasteiger partial charge is 0.491 e. The predicted octanol–water partition coefficient (Wildman–Crippen LogP) is 3.93. The van der Waals surface area contributed by atoms with Gasteiger partial charge >= 0.3 is 0 Å². The van der Waals surface area contributed by atoms with Crippen LogP contribution in [0.25, 0.3) is 0 Å².